The first-order valence-corrected chi connectivity index (χ1v) is 10.4. The third-order valence-corrected chi connectivity index (χ3v) is 5.05. The molecule has 29 heavy (non-hydrogen) atoms. The molecule has 0 atom stereocenters. The zero-order valence-electron chi connectivity index (χ0n) is 16.9. The number of aliphatic imine (C=N–C) groups is 1. The van der Waals surface area contributed by atoms with Gasteiger partial charge >= 0.3 is 0 Å². The Labute approximate surface area is 177 Å². The first-order valence-electron chi connectivity index (χ1n) is 10.0. The minimum atomic E-state index is 0.310. The quantitative estimate of drug-likeness (QED) is 0.392. The third kappa shape index (κ3) is 7.65. The average Bonchev–Trinajstić information content (AvgIpc) is 2.77. The molecule has 0 spiro atoms. The van der Waals surface area contributed by atoms with E-state index in [-0.39, 0.29) is 0 Å². The minimum Gasteiger partial charge on any atom is -0.381 e. The number of pyridine rings is 1. The van der Waals surface area contributed by atoms with Crippen molar-refractivity contribution in [2.75, 3.05) is 26.8 Å². The molecule has 1 saturated heterocycles. The molecule has 1 aliphatic heterocycles. The van der Waals surface area contributed by atoms with Crippen LogP contribution >= 0.6 is 11.6 Å². The highest BCUT2D eigenvalue weighted by molar-refractivity contribution is 6.29. The van der Waals surface area contributed by atoms with Gasteiger partial charge < -0.3 is 20.1 Å². The molecule has 2 aromatic rings. The Kier molecular flexibility index (Phi) is 8.74. The van der Waals surface area contributed by atoms with Gasteiger partial charge in [0, 0.05) is 39.5 Å². The van der Waals surface area contributed by atoms with Crippen LogP contribution in [0.1, 0.15) is 29.5 Å². The van der Waals surface area contributed by atoms with Crippen LogP contribution in [-0.2, 0) is 29.0 Å². The van der Waals surface area contributed by atoms with E-state index in [2.05, 4.69) is 44.9 Å². The minimum absolute atomic E-state index is 0.310. The van der Waals surface area contributed by atoms with Crippen LogP contribution in [-0.4, -0.2) is 43.9 Å². The molecule has 156 valence electrons. The number of guanidine groups is 1. The van der Waals surface area contributed by atoms with E-state index in [1.165, 1.54) is 11.1 Å². The van der Waals surface area contributed by atoms with Crippen LogP contribution in [0.25, 0.3) is 0 Å². The van der Waals surface area contributed by atoms with Gasteiger partial charge in [0.1, 0.15) is 5.15 Å². The van der Waals surface area contributed by atoms with Crippen molar-refractivity contribution in [1.82, 2.24) is 15.6 Å². The van der Waals surface area contributed by atoms with Crippen molar-refractivity contribution in [1.29, 1.82) is 0 Å². The Bertz CT molecular complexity index is 777. The van der Waals surface area contributed by atoms with E-state index in [1.54, 1.807) is 13.2 Å². The Morgan fingerprint density at radius 1 is 1.17 bits per heavy atom. The van der Waals surface area contributed by atoms with E-state index in [4.69, 9.17) is 21.1 Å². The summed E-state index contributed by atoms with van der Waals surface area (Å²) in [5, 5.41) is 7.20. The van der Waals surface area contributed by atoms with E-state index in [0.717, 1.165) is 50.5 Å². The Balaban J connectivity index is 1.41. The molecular formula is C22H29ClN4O2. The molecule has 1 aromatic heterocycles. The van der Waals surface area contributed by atoms with Crippen LogP contribution < -0.4 is 10.6 Å². The van der Waals surface area contributed by atoms with Gasteiger partial charge in [-0.15, -0.1) is 0 Å². The van der Waals surface area contributed by atoms with Crippen molar-refractivity contribution in [2.24, 2.45) is 4.99 Å². The van der Waals surface area contributed by atoms with Gasteiger partial charge in [-0.3, -0.25) is 4.99 Å². The van der Waals surface area contributed by atoms with Crippen molar-refractivity contribution in [2.45, 2.75) is 38.5 Å². The fourth-order valence-electron chi connectivity index (χ4n) is 3.17. The summed E-state index contributed by atoms with van der Waals surface area (Å²) >= 11 is 5.82. The lowest BCUT2D eigenvalue weighted by molar-refractivity contribution is -0.0390. The lowest BCUT2D eigenvalue weighted by Crippen LogP contribution is -2.37. The number of halogens is 1. The molecule has 0 aliphatic carbocycles. The van der Waals surface area contributed by atoms with E-state index < -0.39 is 0 Å². The van der Waals surface area contributed by atoms with Crippen molar-refractivity contribution >= 4 is 17.6 Å². The molecule has 0 amide bonds. The van der Waals surface area contributed by atoms with Crippen molar-refractivity contribution in [3.05, 3.63) is 64.4 Å². The summed E-state index contributed by atoms with van der Waals surface area (Å²) in [5.74, 6) is 0.774. The SMILES string of the molecule is CN=C(NCCc1ccc(Cl)nc1)NCc1cccc(COC2CCOCC2)c1. The number of benzene rings is 1. The lowest BCUT2D eigenvalue weighted by atomic mass is 10.1. The van der Waals surface area contributed by atoms with Gasteiger partial charge in [-0.1, -0.05) is 41.9 Å². The molecule has 3 rings (SSSR count). The maximum Gasteiger partial charge on any atom is 0.191 e. The topological polar surface area (TPSA) is 67.8 Å². The van der Waals surface area contributed by atoms with Crippen LogP contribution in [0.15, 0.2) is 47.6 Å². The molecule has 0 unspecified atom stereocenters. The fraction of sp³-hybridized carbons (Fsp3) is 0.455. The zero-order chi connectivity index (χ0) is 20.3. The second kappa shape index (κ2) is 11.8. The largest absolute Gasteiger partial charge is 0.381 e. The number of rotatable bonds is 8. The van der Waals surface area contributed by atoms with Gasteiger partial charge in [0.25, 0.3) is 0 Å². The highest BCUT2D eigenvalue weighted by atomic mass is 35.5. The first-order chi connectivity index (χ1) is 14.2. The summed E-state index contributed by atoms with van der Waals surface area (Å²) in [6, 6.07) is 12.3. The van der Waals surface area contributed by atoms with Gasteiger partial charge in [0.15, 0.2) is 5.96 Å². The van der Waals surface area contributed by atoms with Gasteiger partial charge in [0.2, 0.25) is 0 Å². The Hall–Kier alpha value is -2.15. The van der Waals surface area contributed by atoms with E-state index >= 15 is 0 Å². The monoisotopic (exact) mass is 416 g/mol. The van der Waals surface area contributed by atoms with Crippen molar-refractivity contribution in [3.8, 4) is 0 Å². The summed E-state index contributed by atoms with van der Waals surface area (Å²) in [5.41, 5.74) is 3.52. The Morgan fingerprint density at radius 2 is 2.00 bits per heavy atom. The highest BCUT2D eigenvalue weighted by Crippen LogP contribution is 2.14. The predicted octanol–water partition coefficient (Wildman–Crippen LogP) is 3.34. The Morgan fingerprint density at radius 3 is 2.76 bits per heavy atom. The predicted molar refractivity (Wildman–Crippen MR) is 116 cm³/mol. The molecule has 0 radical (unpaired) electrons. The summed E-state index contributed by atoms with van der Waals surface area (Å²) in [4.78, 5) is 8.39. The maximum atomic E-state index is 6.02. The lowest BCUT2D eigenvalue weighted by Gasteiger charge is -2.22. The van der Waals surface area contributed by atoms with Crippen LogP contribution in [0.4, 0.5) is 0 Å². The smallest absolute Gasteiger partial charge is 0.191 e. The van der Waals surface area contributed by atoms with Gasteiger partial charge in [0.05, 0.1) is 12.7 Å². The third-order valence-electron chi connectivity index (χ3n) is 4.82. The molecule has 0 bridgehead atoms. The number of hydrogen-bond acceptors (Lipinski definition) is 4. The summed E-state index contributed by atoms with van der Waals surface area (Å²) in [6.07, 6.45) is 4.92. The van der Waals surface area contributed by atoms with Crippen LogP contribution in [0.3, 0.4) is 0 Å². The van der Waals surface area contributed by atoms with Crippen molar-refractivity contribution < 1.29 is 9.47 Å². The number of ether oxygens (including phenoxy) is 2. The molecule has 1 fully saturated rings. The average molecular weight is 417 g/mol. The number of hydrogen-bond donors (Lipinski definition) is 2. The van der Waals surface area contributed by atoms with Crippen LogP contribution in [0.5, 0.6) is 0 Å². The highest BCUT2D eigenvalue weighted by Gasteiger charge is 2.14. The summed E-state index contributed by atoms with van der Waals surface area (Å²) in [6.45, 7) is 3.71. The van der Waals surface area contributed by atoms with Gasteiger partial charge in [-0.25, -0.2) is 4.98 Å². The fourth-order valence-corrected chi connectivity index (χ4v) is 3.28. The first kappa shape index (κ1) is 21.6. The molecular weight excluding hydrogens is 388 g/mol. The molecule has 0 saturated carbocycles. The molecule has 1 aliphatic rings. The summed E-state index contributed by atoms with van der Waals surface area (Å²) < 4.78 is 11.4. The van der Waals surface area contributed by atoms with Crippen LogP contribution in [0, 0.1) is 0 Å². The van der Waals surface area contributed by atoms with Gasteiger partial charge in [-0.05, 0) is 42.0 Å². The van der Waals surface area contributed by atoms with Crippen LogP contribution in [0.2, 0.25) is 5.15 Å². The number of nitrogens with zero attached hydrogens (tertiary/aromatic N) is 2. The molecule has 2 heterocycles. The van der Waals surface area contributed by atoms with E-state index in [1.807, 2.05) is 12.1 Å². The standard InChI is InChI=1S/C22H29ClN4O2/c1-24-22(25-10-7-17-5-6-21(23)26-14-17)27-15-18-3-2-4-19(13-18)16-29-20-8-11-28-12-9-20/h2-6,13-14,20H,7-12,15-16H2,1H3,(H2,24,25,27). The van der Waals surface area contributed by atoms with Crippen molar-refractivity contribution in [3.63, 3.8) is 0 Å². The summed E-state index contributed by atoms with van der Waals surface area (Å²) in [7, 11) is 1.78. The van der Waals surface area contributed by atoms with Gasteiger partial charge in [-0.2, -0.15) is 0 Å². The van der Waals surface area contributed by atoms with E-state index in [0.29, 0.717) is 24.4 Å². The molecule has 2 N–H and O–H groups in total. The molecule has 7 heteroatoms. The number of aromatic nitrogens is 1. The molecule has 6 nitrogen and oxygen atoms in total. The second-order valence-corrected chi connectivity index (χ2v) is 7.42. The maximum absolute atomic E-state index is 6.02. The normalized spacial score (nSPS) is 15.3. The second-order valence-electron chi connectivity index (χ2n) is 7.03. The van der Waals surface area contributed by atoms with E-state index in [9.17, 15) is 0 Å². The zero-order valence-corrected chi connectivity index (χ0v) is 17.6. The number of nitrogens with one attached hydrogen (secondary N) is 2. The molecule has 1 aromatic carbocycles.